The third-order valence-electron chi connectivity index (χ3n) is 3.08. The number of nitrogens with two attached hydrogens (primary N) is 1. The van der Waals surface area contributed by atoms with Crippen molar-refractivity contribution in [3.63, 3.8) is 0 Å². The lowest BCUT2D eigenvalue weighted by atomic mass is 10.00. The molecule has 15 heavy (non-hydrogen) atoms. The molecule has 0 saturated heterocycles. The van der Waals surface area contributed by atoms with Crippen LogP contribution < -0.4 is 5.73 Å². The van der Waals surface area contributed by atoms with E-state index in [1.165, 1.54) is 10.9 Å². The van der Waals surface area contributed by atoms with Gasteiger partial charge in [0.1, 0.15) is 5.76 Å². The summed E-state index contributed by atoms with van der Waals surface area (Å²) in [6, 6.07) is 4.17. The van der Waals surface area contributed by atoms with Crippen LogP contribution in [-0.4, -0.2) is 0 Å². The van der Waals surface area contributed by atoms with Gasteiger partial charge in [-0.1, -0.05) is 18.2 Å². The smallest absolute Gasteiger partial charge is 0.158 e. The first-order valence-corrected chi connectivity index (χ1v) is 5.24. The topological polar surface area (TPSA) is 39.2 Å². The predicted molar refractivity (Wildman–Crippen MR) is 62.7 cm³/mol. The molecule has 1 aromatic carbocycles. The molecular weight excluding hydrogens is 186 g/mol. The number of aryl methyl sites for hydroxylation is 2. The Kier molecular flexibility index (Phi) is 1.66. The van der Waals surface area contributed by atoms with E-state index >= 15 is 0 Å². The highest BCUT2D eigenvalue weighted by atomic mass is 16.3. The zero-order chi connectivity index (χ0) is 10.4. The average molecular weight is 199 g/mol. The second-order valence-electron chi connectivity index (χ2n) is 4.06. The van der Waals surface area contributed by atoms with Crippen LogP contribution in [0.5, 0.6) is 0 Å². The molecule has 1 heterocycles. The summed E-state index contributed by atoms with van der Waals surface area (Å²) in [6.45, 7) is 2.01. The van der Waals surface area contributed by atoms with Gasteiger partial charge in [-0.15, -0.1) is 0 Å². The molecule has 0 atom stereocenters. The van der Waals surface area contributed by atoms with Gasteiger partial charge in [-0.2, -0.15) is 0 Å². The molecule has 1 aliphatic rings. The Morgan fingerprint density at radius 2 is 2.20 bits per heavy atom. The highest BCUT2D eigenvalue weighted by molar-refractivity contribution is 5.94. The maximum Gasteiger partial charge on any atom is 0.158 e. The first kappa shape index (κ1) is 8.60. The van der Waals surface area contributed by atoms with E-state index in [1.54, 1.807) is 0 Å². The Hall–Kier alpha value is -1.70. The Bertz CT molecular complexity index is 563. The van der Waals surface area contributed by atoms with Crippen molar-refractivity contribution in [3.05, 3.63) is 35.1 Å². The highest BCUT2D eigenvalue weighted by Gasteiger charge is 2.16. The molecule has 2 nitrogen and oxygen atoms in total. The molecule has 0 aliphatic heterocycles. The van der Waals surface area contributed by atoms with Crippen LogP contribution in [0.3, 0.4) is 0 Å². The van der Waals surface area contributed by atoms with Gasteiger partial charge in [0, 0.05) is 10.9 Å². The number of anilines is 1. The minimum Gasteiger partial charge on any atom is -0.454 e. The maximum absolute atomic E-state index is 6.01. The Morgan fingerprint density at radius 3 is 3.07 bits per heavy atom. The molecule has 0 amide bonds. The Balaban J connectivity index is 2.42. The van der Waals surface area contributed by atoms with Crippen molar-refractivity contribution in [2.24, 2.45) is 0 Å². The zero-order valence-corrected chi connectivity index (χ0v) is 8.71. The molecular formula is C13H13NO. The van der Waals surface area contributed by atoms with E-state index in [-0.39, 0.29) is 0 Å². The number of rotatable bonds is 0. The fraction of sp³-hybridized carbons (Fsp3) is 0.231. The molecule has 2 N–H and O–H groups in total. The standard InChI is InChI=1S/C13H13NO/c1-8-6-7-10-9-4-2-3-5-11(9)15-13(10)12(8)14/h3,5-7H,2,4,14H2,1H3. The molecule has 0 radical (unpaired) electrons. The lowest BCUT2D eigenvalue weighted by Gasteiger charge is -2.02. The number of hydrogen-bond acceptors (Lipinski definition) is 2. The zero-order valence-electron chi connectivity index (χ0n) is 8.71. The maximum atomic E-state index is 6.01. The third-order valence-corrected chi connectivity index (χ3v) is 3.08. The van der Waals surface area contributed by atoms with E-state index in [0.29, 0.717) is 0 Å². The quantitative estimate of drug-likeness (QED) is 0.661. The monoisotopic (exact) mass is 199 g/mol. The van der Waals surface area contributed by atoms with Crippen LogP contribution in [0.4, 0.5) is 5.69 Å². The minimum absolute atomic E-state index is 0.773. The normalized spacial score (nSPS) is 14.5. The summed E-state index contributed by atoms with van der Waals surface area (Å²) in [6.07, 6.45) is 6.35. The second-order valence-corrected chi connectivity index (χ2v) is 4.06. The SMILES string of the molecule is Cc1ccc2c3c(oc2c1N)C=CCC3. The fourth-order valence-corrected chi connectivity index (χ4v) is 2.16. The molecule has 1 aromatic heterocycles. The molecule has 2 aromatic rings. The second kappa shape index (κ2) is 2.89. The van der Waals surface area contributed by atoms with Gasteiger partial charge >= 0.3 is 0 Å². The molecule has 0 fully saturated rings. The number of hydrogen-bond donors (Lipinski definition) is 1. The molecule has 0 unspecified atom stereocenters. The van der Waals surface area contributed by atoms with E-state index < -0.39 is 0 Å². The number of allylic oxidation sites excluding steroid dienone is 1. The van der Waals surface area contributed by atoms with Gasteiger partial charge < -0.3 is 10.2 Å². The van der Waals surface area contributed by atoms with E-state index in [0.717, 1.165) is 35.4 Å². The summed E-state index contributed by atoms with van der Waals surface area (Å²) in [4.78, 5) is 0. The molecule has 3 rings (SSSR count). The van der Waals surface area contributed by atoms with E-state index in [4.69, 9.17) is 10.2 Å². The van der Waals surface area contributed by atoms with E-state index in [2.05, 4.69) is 18.2 Å². The van der Waals surface area contributed by atoms with Gasteiger partial charge in [0.05, 0.1) is 5.69 Å². The molecule has 0 bridgehead atoms. The lowest BCUT2D eigenvalue weighted by molar-refractivity contribution is 0.596. The largest absolute Gasteiger partial charge is 0.454 e. The number of furan rings is 1. The van der Waals surface area contributed by atoms with Gasteiger partial charge in [-0.25, -0.2) is 0 Å². The lowest BCUT2D eigenvalue weighted by Crippen LogP contribution is -1.91. The van der Waals surface area contributed by atoms with Crippen molar-refractivity contribution in [1.29, 1.82) is 0 Å². The van der Waals surface area contributed by atoms with Crippen molar-refractivity contribution in [2.75, 3.05) is 5.73 Å². The summed E-state index contributed by atoms with van der Waals surface area (Å²) < 4.78 is 5.79. The molecule has 0 saturated carbocycles. The number of fused-ring (bicyclic) bond motifs is 3. The Morgan fingerprint density at radius 1 is 1.33 bits per heavy atom. The molecule has 0 spiro atoms. The van der Waals surface area contributed by atoms with Crippen molar-refractivity contribution in [3.8, 4) is 0 Å². The van der Waals surface area contributed by atoms with Gasteiger partial charge in [-0.05, 0) is 31.4 Å². The first-order valence-electron chi connectivity index (χ1n) is 5.24. The van der Waals surface area contributed by atoms with Crippen molar-refractivity contribution in [1.82, 2.24) is 0 Å². The van der Waals surface area contributed by atoms with Crippen molar-refractivity contribution in [2.45, 2.75) is 19.8 Å². The van der Waals surface area contributed by atoms with Crippen LogP contribution in [0.15, 0.2) is 22.6 Å². The number of nitrogen functional groups attached to an aromatic ring is 1. The van der Waals surface area contributed by atoms with Crippen LogP contribution in [-0.2, 0) is 6.42 Å². The van der Waals surface area contributed by atoms with E-state index in [9.17, 15) is 0 Å². The van der Waals surface area contributed by atoms with Crippen LogP contribution in [0, 0.1) is 6.92 Å². The fourth-order valence-electron chi connectivity index (χ4n) is 2.16. The van der Waals surface area contributed by atoms with Gasteiger partial charge in [-0.3, -0.25) is 0 Å². The summed E-state index contributed by atoms with van der Waals surface area (Å²) >= 11 is 0. The highest BCUT2D eigenvalue weighted by Crippen LogP contribution is 2.35. The minimum atomic E-state index is 0.773. The third kappa shape index (κ3) is 1.11. The predicted octanol–water partition coefficient (Wildman–Crippen LogP) is 3.28. The van der Waals surface area contributed by atoms with Crippen molar-refractivity contribution >= 4 is 22.7 Å². The van der Waals surface area contributed by atoms with Gasteiger partial charge in [0.15, 0.2) is 5.58 Å². The molecule has 76 valence electrons. The van der Waals surface area contributed by atoms with Crippen LogP contribution >= 0.6 is 0 Å². The number of benzene rings is 1. The summed E-state index contributed by atoms with van der Waals surface area (Å²) in [7, 11) is 0. The van der Waals surface area contributed by atoms with Crippen LogP contribution in [0.2, 0.25) is 0 Å². The Labute approximate surface area is 88.4 Å². The van der Waals surface area contributed by atoms with Crippen LogP contribution in [0.25, 0.3) is 17.0 Å². The van der Waals surface area contributed by atoms with E-state index in [1.807, 2.05) is 13.0 Å². The average Bonchev–Trinajstić information content (AvgIpc) is 2.63. The van der Waals surface area contributed by atoms with Gasteiger partial charge in [0.25, 0.3) is 0 Å². The molecule has 2 heteroatoms. The van der Waals surface area contributed by atoms with Gasteiger partial charge in [0.2, 0.25) is 0 Å². The summed E-state index contributed by atoms with van der Waals surface area (Å²) in [5, 5.41) is 1.18. The summed E-state index contributed by atoms with van der Waals surface area (Å²) in [5.41, 5.74) is 10.0. The molecule has 1 aliphatic carbocycles. The van der Waals surface area contributed by atoms with Crippen LogP contribution in [0.1, 0.15) is 23.3 Å². The van der Waals surface area contributed by atoms with Crippen molar-refractivity contribution < 1.29 is 4.42 Å². The summed E-state index contributed by atoms with van der Waals surface area (Å²) in [5.74, 6) is 0.980. The first-order chi connectivity index (χ1) is 7.27.